The number of aromatic nitrogens is 1. The summed E-state index contributed by atoms with van der Waals surface area (Å²) >= 11 is 0. The van der Waals surface area contributed by atoms with Gasteiger partial charge in [-0.1, -0.05) is 18.2 Å². The summed E-state index contributed by atoms with van der Waals surface area (Å²) in [5.41, 5.74) is 5.06. The number of nitrogens with zero attached hydrogens (tertiary/aromatic N) is 2. The van der Waals surface area contributed by atoms with Gasteiger partial charge in [-0.15, -0.1) is 0 Å². The lowest BCUT2D eigenvalue weighted by Gasteiger charge is -2.38. The van der Waals surface area contributed by atoms with Gasteiger partial charge in [0.25, 0.3) is 5.91 Å². The molecule has 0 saturated carbocycles. The minimum Gasteiger partial charge on any atom is -0.489 e. The molecule has 9 nitrogen and oxygen atoms in total. The number of amides is 2. The molecule has 0 spiro atoms. The minimum absolute atomic E-state index is 0.0266. The van der Waals surface area contributed by atoms with Crippen LogP contribution in [0.5, 0.6) is 5.75 Å². The van der Waals surface area contributed by atoms with Gasteiger partial charge >= 0.3 is 0 Å². The van der Waals surface area contributed by atoms with E-state index in [1.54, 1.807) is 29.7 Å². The summed E-state index contributed by atoms with van der Waals surface area (Å²) in [4.78, 5) is 31.3. The highest BCUT2D eigenvalue weighted by Gasteiger charge is 2.31. The molecule has 0 radical (unpaired) electrons. The maximum Gasteiger partial charge on any atom is 0.251 e. The number of carbonyl (C=O) groups excluding carboxylic acids is 2. The van der Waals surface area contributed by atoms with E-state index in [1.165, 1.54) is 0 Å². The molecule has 1 aliphatic heterocycles. The SMILES string of the molecule is Cc1cc(COc2ccc(C(=O)N[C@@H]3CN(CCO)CC[C@H]3CC(=O)NO)cc2)c2ccccc2n1. The molecule has 2 atom stereocenters. The van der Waals surface area contributed by atoms with Crippen molar-refractivity contribution in [2.24, 2.45) is 5.92 Å². The molecule has 2 heterocycles. The fourth-order valence-electron chi connectivity index (χ4n) is 4.73. The van der Waals surface area contributed by atoms with Crippen molar-refractivity contribution in [3.05, 3.63) is 71.4 Å². The predicted octanol–water partition coefficient (Wildman–Crippen LogP) is 2.43. The number of aliphatic hydroxyl groups is 1. The highest BCUT2D eigenvalue weighted by atomic mass is 16.5. The second-order valence-electron chi connectivity index (χ2n) is 9.14. The molecule has 0 unspecified atom stereocenters. The lowest BCUT2D eigenvalue weighted by Crippen LogP contribution is -2.53. The number of likely N-dealkylation sites (tertiary alicyclic amines) is 1. The van der Waals surface area contributed by atoms with Crippen LogP contribution in [0.2, 0.25) is 0 Å². The molecule has 190 valence electrons. The number of piperidine rings is 1. The van der Waals surface area contributed by atoms with Crippen molar-refractivity contribution in [2.75, 3.05) is 26.2 Å². The normalized spacial score (nSPS) is 18.1. The third-order valence-corrected chi connectivity index (χ3v) is 6.59. The van der Waals surface area contributed by atoms with Crippen LogP contribution < -0.4 is 15.5 Å². The first-order chi connectivity index (χ1) is 17.5. The van der Waals surface area contributed by atoms with E-state index in [-0.39, 0.29) is 30.9 Å². The van der Waals surface area contributed by atoms with Crippen LogP contribution in [0.15, 0.2) is 54.6 Å². The van der Waals surface area contributed by atoms with Crippen molar-refractivity contribution in [2.45, 2.75) is 32.4 Å². The molecular formula is C27H32N4O5. The van der Waals surface area contributed by atoms with E-state index < -0.39 is 5.91 Å². The number of aryl methyl sites for hydroxylation is 1. The molecule has 36 heavy (non-hydrogen) atoms. The minimum atomic E-state index is -0.478. The van der Waals surface area contributed by atoms with E-state index in [0.29, 0.717) is 44.0 Å². The second kappa shape index (κ2) is 11.9. The molecule has 1 aliphatic rings. The van der Waals surface area contributed by atoms with Crippen LogP contribution in [0.3, 0.4) is 0 Å². The molecule has 4 rings (SSSR count). The fraction of sp³-hybridized carbons (Fsp3) is 0.370. The number of ether oxygens (including phenoxy) is 1. The lowest BCUT2D eigenvalue weighted by atomic mass is 9.88. The van der Waals surface area contributed by atoms with Gasteiger partial charge in [0, 0.05) is 47.8 Å². The number of hydrogen-bond acceptors (Lipinski definition) is 7. The number of para-hydroxylation sites is 1. The van der Waals surface area contributed by atoms with Gasteiger partial charge in [-0.2, -0.15) is 0 Å². The van der Waals surface area contributed by atoms with Gasteiger partial charge in [0.15, 0.2) is 0 Å². The predicted molar refractivity (Wildman–Crippen MR) is 135 cm³/mol. The zero-order valence-electron chi connectivity index (χ0n) is 20.3. The maximum atomic E-state index is 13.0. The zero-order valence-corrected chi connectivity index (χ0v) is 20.3. The summed E-state index contributed by atoms with van der Waals surface area (Å²) in [6, 6.07) is 16.6. The smallest absolute Gasteiger partial charge is 0.251 e. The van der Waals surface area contributed by atoms with Gasteiger partial charge in [0.1, 0.15) is 12.4 Å². The van der Waals surface area contributed by atoms with Crippen molar-refractivity contribution >= 4 is 22.7 Å². The molecule has 4 N–H and O–H groups in total. The number of β-amino-alcohol motifs (C(OH)–C–C–N with tert-alkyl or cyclic N) is 1. The van der Waals surface area contributed by atoms with Crippen LogP contribution in [0.1, 0.15) is 34.5 Å². The quantitative estimate of drug-likeness (QED) is 0.267. The molecule has 1 saturated heterocycles. The van der Waals surface area contributed by atoms with Crippen LogP contribution in [-0.4, -0.2) is 64.3 Å². The Balaban J connectivity index is 1.40. The third-order valence-electron chi connectivity index (χ3n) is 6.59. The van der Waals surface area contributed by atoms with Crippen LogP contribution in [-0.2, 0) is 11.4 Å². The van der Waals surface area contributed by atoms with Crippen LogP contribution in [0.25, 0.3) is 10.9 Å². The van der Waals surface area contributed by atoms with Crippen LogP contribution in [0, 0.1) is 12.8 Å². The molecule has 3 aromatic rings. The van der Waals surface area contributed by atoms with E-state index in [1.807, 2.05) is 37.3 Å². The summed E-state index contributed by atoms with van der Waals surface area (Å²) in [5, 5.41) is 22.3. The number of carbonyl (C=O) groups is 2. The summed E-state index contributed by atoms with van der Waals surface area (Å²) in [5.74, 6) is -0.192. The molecule has 0 aliphatic carbocycles. The third kappa shape index (κ3) is 6.37. The van der Waals surface area contributed by atoms with Gasteiger partial charge in [0.05, 0.1) is 12.1 Å². The number of hydrogen-bond donors (Lipinski definition) is 4. The molecule has 9 heteroatoms. The first-order valence-electron chi connectivity index (χ1n) is 12.1. The molecule has 0 bridgehead atoms. The number of benzene rings is 2. The van der Waals surface area contributed by atoms with Crippen molar-refractivity contribution in [1.29, 1.82) is 0 Å². The number of pyridine rings is 1. The lowest BCUT2D eigenvalue weighted by molar-refractivity contribution is -0.130. The fourth-order valence-corrected chi connectivity index (χ4v) is 4.73. The summed E-state index contributed by atoms with van der Waals surface area (Å²) in [6.45, 7) is 4.11. The summed E-state index contributed by atoms with van der Waals surface area (Å²) in [6.07, 6.45) is 0.790. The first-order valence-corrected chi connectivity index (χ1v) is 12.1. The molecule has 2 aromatic carbocycles. The highest BCUT2D eigenvalue weighted by Crippen LogP contribution is 2.23. The van der Waals surface area contributed by atoms with E-state index >= 15 is 0 Å². The Bertz CT molecular complexity index is 1200. The Kier molecular flexibility index (Phi) is 8.48. The average Bonchev–Trinajstić information content (AvgIpc) is 2.89. The molecule has 1 aromatic heterocycles. The monoisotopic (exact) mass is 492 g/mol. The van der Waals surface area contributed by atoms with E-state index in [4.69, 9.17) is 9.94 Å². The standard InChI is InChI=1S/C27H32N4O5/c1-18-14-21(23-4-2-3-5-24(23)28-18)17-36-22-8-6-19(7-9-22)27(34)29-25-16-31(12-13-32)11-10-20(25)15-26(33)30-35/h2-9,14,20,25,32,35H,10-13,15-17H2,1H3,(H,29,34)(H,30,33)/t20-,25+/m0/s1. The van der Waals surface area contributed by atoms with E-state index in [9.17, 15) is 14.7 Å². The van der Waals surface area contributed by atoms with Crippen molar-refractivity contribution in [3.8, 4) is 5.75 Å². The Morgan fingerprint density at radius 1 is 1.17 bits per heavy atom. The van der Waals surface area contributed by atoms with Crippen LogP contribution >= 0.6 is 0 Å². The highest BCUT2D eigenvalue weighted by molar-refractivity contribution is 5.94. The second-order valence-corrected chi connectivity index (χ2v) is 9.14. The molecule has 2 amide bonds. The molecule has 1 fully saturated rings. The Morgan fingerprint density at radius 3 is 2.69 bits per heavy atom. The Labute approximate surface area is 210 Å². The zero-order chi connectivity index (χ0) is 25.5. The van der Waals surface area contributed by atoms with Gasteiger partial charge in [-0.25, -0.2) is 5.48 Å². The van der Waals surface area contributed by atoms with E-state index in [2.05, 4.69) is 15.2 Å². The van der Waals surface area contributed by atoms with Gasteiger partial charge in [0.2, 0.25) is 5.91 Å². The number of fused-ring (bicyclic) bond motifs is 1. The Hall–Kier alpha value is -3.53. The number of nitrogens with one attached hydrogen (secondary N) is 2. The number of rotatable bonds is 9. The number of aliphatic hydroxyl groups excluding tert-OH is 1. The topological polar surface area (TPSA) is 124 Å². The largest absolute Gasteiger partial charge is 0.489 e. The average molecular weight is 493 g/mol. The van der Waals surface area contributed by atoms with Crippen LogP contribution in [0.4, 0.5) is 0 Å². The van der Waals surface area contributed by atoms with Gasteiger partial charge in [-0.05, 0) is 62.2 Å². The maximum absolute atomic E-state index is 13.0. The van der Waals surface area contributed by atoms with Gasteiger partial charge < -0.3 is 15.2 Å². The first kappa shape index (κ1) is 25.6. The van der Waals surface area contributed by atoms with Crippen molar-refractivity contribution < 1.29 is 24.6 Å². The summed E-state index contributed by atoms with van der Waals surface area (Å²) < 4.78 is 6.00. The van der Waals surface area contributed by atoms with Gasteiger partial charge in [-0.3, -0.25) is 24.7 Å². The summed E-state index contributed by atoms with van der Waals surface area (Å²) in [7, 11) is 0. The van der Waals surface area contributed by atoms with Crippen molar-refractivity contribution in [1.82, 2.24) is 20.7 Å². The van der Waals surface area contributed by atoms with E-state index in [0.717, 1.165) is 22.2 Å². The van der Waals surface area contributed by atoms with Crippen molar-refractivity contribution in [3.63, 3.8) is 0 Å². The molecular weight excluding hydrogens is 460 g/mol. The number of hydroxylamine groups is 1. The Morgan fingerprint density at radius 2 is 1.94 bits per heavy atom.